The number of ether oxygens (including phenoxy) is 1. The SMILES string of the molecule is CCNc1nc(-c2ccccc2OC(F)F)ncc1Br. The number of rotatable bonds is 5. The fraction of sp³-hybridized carbons (Fsp3) is 0.231. The van der Waals surface area contributed by atoms with Gasteiger partial charge < -0.3 is 10.1 Å². The molecule has 1 aromatic carbocycles. The molecule has 0 aliphatic rings. The maximum Gasteiger partial charge on any atom is 0.387 e. The van der Waals surface area contributed by atoms with Crippen molar-refractivity contribution in [3.05, 3.63) is 34.9 Å². The zero-order valence-electron chi connectivity index (χ0n) is 10.6. The first-order chi connectivity index (χ1) is 9.61. The highest BCUT2D eigenvalue weighted by Gasteiger charge is 2.14. The minimum Gasteiger partial charge on any atom is -0.434 e. The number of nitrogens with zero attached hydrogens (tertiary/aromatic N) is 2. The Balaban J connectivity index is 2.43. The van der Waals surface area contributed by atoms with Gasteiger partial charge in [-0.3, -0.25) is 0 Å². The Bertz CT molecular complexity index is 596. The molecule has 4 nitrogen and oxygen atoms in total. The molecular formula is C13H12BrF2N3O. The molecule has 1 N–H and O–H groups in total. The summed E-state index contributed by atoms with van der Waals surface area (Å²) in [5.41, 5.74) is 0.416. The molecule has 0 spiro atoms. The zero-order chi connectivity index (χ0) is 14.5. The summed E-state index contributed by atoms with van der Waals surface area (Å²) >= 11 is 3.32. The molecule has 1 heterocycles. The number of alkyl halides is 2. The number of para-hydroxylation sites is 1. The van der Waals surface area contributed by atoms with Crippen molar-refractivity contribution in [1.29, 1.82) is 0 Å². The van der Waals surface area contributed by atoms with Gasteiger partial charge in [-0.25, -0.2) is 9.97 Å². The van der Waals surface area contributed by atoms with E-state index in [9.17, 15) is 8.78 Å². The maximum atomic E-state index is 12.4. The van der Waals surface area contributed by atoms with Crippen LogP contribution in [0.1, 0.15) is 6.92 Å². The molecule has 20 heavy (non-hydrogen) atoms. The van der Waals surface area contributed by atoms with E-state index in [2.05, 4.69) is 36.0 Å². The second kappa shape index (κ2) is 6.60. The quantitative estimate of drug-likeness (QED) is 0.893. The average molecular weight is 344 g/mol. The van der Waals surface area contributed by atoms with Crippen LogP contribution in [-0.2, 0) is 0 Å². The third-order valence-electron chi connectivity index (χ3n) is 2.43. The molecule has 1 aromatic heterocycles. The minimum absolute atomic E-state index is 0.0484. The van der Waals surface area contributed by atoms with Gasteiger partial charge in [-0.2, -0.15) is 8.78 Å². The number of hydrogen-bond donors (Lipinski definition) is 1. The molecule has 0 unspecified atom stereocenters. The van der Waals surface area contributed by atoms with Crippen molar-refractivity contribution >= 4 is 21.7 Å². The third kappa shape index (κ3) is 3.41. The van der Waals surface area contributed by atoms with Crippen molar-refractivity contribution in [3.8, 4) is 17.1 Å². The Morgan fingerprint density at radius 2 is 2.10 bits per heavy atom. The number of aromatic nitrogens is 2. The molecule has 0 bridgehead atoms. The van der Waals surface area contributed by atoms with E-state index in [0.717, 1.165) is 0 Å². The summed E-state index contributed by atoms with van der Waals surface area (Å²) in [6, 6.07) is 6.42. The standard InChI is InChI=1S/C13H12BrF2N3O/c1-2-17-12-9(14)7-18-11(19-12)8-5-3-4-6-10(8)20-13(15)16/h3-7,13H,2H2,1H3,(H,17,18,19). The van der Waals surface area contributed by atoms with Crippen molar-refractivity contribution in [2.45, 2.75) is 13.5 Å². The maximum absolute atomic E-state index is 12.4. The molecule has 0 aliphatic carbocycles. The molecule has 0 radical (unpaired) electrons. The van der Waals surface area contributed by atoms with Gasteiger partial charge in [0.15, 0.2) is 5.82 Å². The highest BCUT2D eigenvalue weighted by Crippen LogP contribution is 2.30. The van der Waals surface area contributed by atoms with Crippen molar-refractivity contribution in [3.63, 3.8) is 0 Å². The highest BCUT2D eigenvalue weighted by molar-refractivity contribution is 9.10. The second-order valence-corrected chi connectivity index (χ2v) is 4.65. The summed E-state index contributed by atoms with van der Waals surface area (Å²) in [6.07, 6.45) is 1.57. The smallest absolute Gasteiger partial charge is 0.387 e. The van der Waals surface area contributed by atoms with Crippen LogP contribution in [0.25, 0.3) is 11.4 Å². The van der Waals surface area contributed by atoms with Crippen LogP contribution in [0.15, 0.2) is 34.9 Å². The van der Waals surface area contributed by atoms with Gasteiger partial charge in [0.05, 0.1) is 10.0 Å². The van der Waals surface area contributed by atoms with Gasteiger partial charge in [0.25, 0.3) is 0 Å². The molecular weight excluding hydrogens is 332 g/mol. The fourth-order valence-electron chi connectivity index (χ4n) is 1.64. The van der Waals surface area contributed by atoms with Gasteiger partial charge in [-0.15, -0.1) is 0 Å². The van der Waals surface area contributed by atoms with Gasteiger partial charge >= 0.3 is 6.61 Å². The van der Waals surface area contributed by atoms with E-state index in [0.29, 0.717) is 28.2 Å². The number of hydrogen-bond acceptors (Lipinski definition) is 4. The van der Waals surface area contributed by atoms with Crippen LogP contribution in [0.3, 0.4) is 0 Å². The van der Waals surface area contributed by atoms with E-state index in [4.69, 9.17) is 0 Å². The first kappa shape index (κ1) is 14.6. The average Bonchev–Trinajstić information content (AvgIpc) is 2.42. The molecule has 2 rings (SSSR count). The molecule has 7 heteroatoms. The lowest BCUT2D eigenvalue weighted by atomic mass is 10.2. The van der Waals surface area contributed by atoms with Gasteiger partial charge in [-0.05, 0) is 35.0 Å². The predicted octanol–water partition coefficient (Wildman–Crippen LogP) is 3.94. The van der Waals surface area contributed by atoms with E-state index in [-0.39, 0.29) is 5.75 Å². The highest BCUT2D eigenvalue weighted by atomic mass is 79.9. The predicted molar refractivity (Wildman–Crippen MR) is 76.0 cm³/mol. The summed E-state index contributed by atoms with van der Waals surface area (Å²) < 4.78 is 30.0. The molecule has 0 amide bonds. The zero-order valence-corrected chi connectivity index (χ0v) is 12.2. The van der Waals surface area contributed by atoms with Crippen molar-refractivity contribution in [2.75, 3.05) is 11.9 Å². The van der Waals surface area contributed by atoms with E-state index >= 15 is 0 Å². The molecule has 0 aliphatic heterocycles. The molecule has 0 saturated carbocycles. The lowest BCUT2D eigenvalue weighted by Gasteiger charge is -2.11. The van der Waals surface area contributed by atoms with Crippen LogP contribution in [-0.4, -0.2) is 23.1 Å². The molecule has 0 atom stereocenters. The fourth-order valence-corrected chi connectivity index (χ4v) is 1.97. The van der Waals surface area contributed by atoms with Gasteiger partial charge in [0.2, 0.25) is 0 Å². The van der Waals surface area contributed by atoms with Gasteiger partial charge in [0, 0.05) is 12.7 Å². The van der Waals surface area contributed by atoms with Crippen LogP contribution < -0.4 is 10.1 Å². The van der Waals surface area contributed by atoms with Crippen molar-refractivity contribution < 1.29 is 13.5 Å². The topological polar surface area (TPSA) is 47.0 Å². The van der Waals surface area contributed by atoms with Crippen LogP contribution in [0.2, 0.25) is 0 Å². The second-order valence-electron chi connectivity index (χ2n) is 3.80. The number of benzene rings is 1. The van der Waals surface area contributed by atoms with Crippen molar-refractivity contribution in [1.82, 2.24) is 9.97 Å². The molecule has 0 fully saturated rings. The summed E-state index contributed by atoms with van der Waals surface area (Å²) in [4.78, 5) is 8.44. The summed E-state index contributed by atoms with van der Waals surface area (Å²) in [7, 11) is 0. The number of nitrogens with one attached hydrogen (secondary N) is 1. The van der Waals surface area contributed by atoms with E-state index in [1.165, 1.54) is 6.07 Å². The number of anilines is 1. The molecule has 0 saturated heterocycles. The number of halogens is 3. The minimum atomic E-state index is -2.89. The first-order valence-corrected chi connectivity index (χ1v) is 6.71. The Morgan fingerprint density at radius 1 is 1.35 bits per heavy atom. The Hall–Kier alpha value is -1.76. The lowest BCUT2D eigenvalue weighted by molar-refractivity contribution is -0.0494. The Morgan fingerprint density at radius 3 is 2.80 bits per heavy atom. The van der Waals surface area contributed by atoms with E-state index in [1.54, 1.807) is 24.4 Å². The Labute approximate surface area is 123 Å². The van der Waals surface area contributed by atoms with Crippen LogP contribution in [0.4, 0.5) is 14.6 Å². The monoisotopic (exact) mass is 343 g/mol. The first-order valence-electron chi connectivity index (χ1n) is 5.92. The Kier molecular flexibility index (Phi) is 4.84. The molecule has 106 valence electrons. The van der Waals surface area contributed by atoms with E-state index in [1.807, 2.05) is 6.92 Å². The van der Waals surface area contributed by atoms with E-state index < -0.39 is 6.61 Å². The summed E-state index contributed by atoms with van der Waals surface area (Å²) in [5, 5.41) is 3.06. The lowest BCUT2D eigenvalue weighted by Crippen LogP contribution is -2.05. The van der Waals surface area contributed by atoms with Crippen LogP contribution >= 0.6 is 15.9 Å². The van der Waals surface area contributed by atoms with Gasteiger partial charge in [-0.1, -0.05) is 12.1 Å². The van der Waals surface area contributed by atoms with Gasteiger partial charge in [0.1, 0.15) is 11.6 Å². The molecule has 2 aromatic rings. The summed E-state index contributed by atoms with van der Waals surface area (Å²) in [5.74, 6) is 0.969. The van der Waals surface area contributed by atoms with Crippen molar-refractivity contribution in [2.24, 2.45) is 0 Å². The third-order valence-corrected chi connectivity index (χ3v) is 3.01. The van der Waals surface area contributed by atoms with Crippen LogP contribution in [0.5, 0.6) is 5.75 Å². The summed E-state index contributed by atoms with van der Waals surface area (Å²) in [6.45, 7) is -0.272. The van der Waals surface area contributed by atoms with Crippen LogP contribution in [0, 0.1) is 0 Å². The normalized spacial score (nSPS) is 10.7. The largest absolute Gasteiger partial charge is 0.434 e.